The van der Waals surface area contributed by atoms with E-state index in [1.165, 1.54) is 0 Å². The summed E-state index contributed by atoms with van der Waals surface area (Å²) in [5.74, 6) is -0.796. The highest BCUT2D eigenvalue weighted by molar-refractivity contribution is 7.09. The van der Waals surface area contributed by atoms with Gasteiger partial charge in [-0.1, -0.05) is 0 Å². The van der Waals surface area contributed by atoms with E-state index in [-0.39, 0.29) is 17.3 Å². The van der Waals surface area contributed by atoms with E-state index in [1.807, 2.05) is 6.92 Å². The van der Waals surface area contributed by atoms with Crippen LogP contribution in [-0.2, 0) is 10.9 Å². The van der Waals surface area contributed by atoms with E-state index in [0.717, 1.165) is 11.5 Å². The quantitative estimate of drug-likeness (QED) is 0.786. The zero-order valence-corrected chi connectivity index (χ0v) is 11.0. The third kappa shape index (κ3) is 3.04. The topological polar surface area (TPSA) is 38.2 Å². The predicted molar refractivity (Wildman–Crippen MR) is 62.2 cm³/mol. The summed E-state index contributed by atoms with van der Waals surface area (Å²) in [6.45, 7) is 2.76. The normalized spacial score (nSPS) is 25.5. The van der Waals surface area contributed by atoms with E-state index in [0.29, 0.717) is 19.0 Å². The fraction of sp³-hybridized carbons (Fsp3) is 0.778. The van der Waals surface area contributed by atoms with E-state index >= 15 is 0 Å². The molecular formula is C9H11ClF3N3OS. The van der Waals surface area contributed by atoms with Gasteiger partial charge < -0.3 is 9.64 Å². The second-order valence-electron chi connectivity index (χ2n) is 4.03. The Bertz CT molecular complexity index is 414. The first-order valence-corrected chi connectivity index (χ1v) is 6.58. The van der Waals surface area contributed by atoms with Crippen LogP contribution in [0.2, 0.25) is 0 Å². The van der Waals surface area contributed by atoms with Crippen LogP contribution in [0.1, 0.15) is 12.7 Å². The lowest BCUT2D eigenvalue weighted by Gasteiger charge is -2.35. The smallest absolute Gasteiger partial charge is 0.370 e. The van der Waals surface area contributed by atoms with Gasteiger partial charge in [0.25, 0.3) is 0 Å². The van der Waals surface area contributed by atoms with Gasteiger partial charge in [0.05, 0.1) is 18.1 Å². The zero-order chi connectivity index (χ0) is 13.3. The first-order valence-electron chi connectivity index (χ1n) is 5.27. The molecule has 1 aliphatic rings. The van der Waals surface area contributed by atoms with Crippen molar-refractivity contribution in [3.05, 3.63) is 5.82 Å². The van der Waals surface area contributed by atoms with Crippen LogP contribution in [0.5, 0.6) is 0 Å². The highest BCUT2D eigenvalue weighted by Crippen LogP contribution is 2.31. The summed E-state index contributed by atoms with van der Waals surface area (Å²) in [6, 6.07) is 0. The monoisotopic (exact) mass is 301 g/mol. The first kappa shape index (κ1) is 13.8. The summed E-state index contributed by atoms with van der Waals surface area (Å²) in [5.41, 5.74) is 0. The van der Waals surface area contributed by atoms with E-state index < -0.39 is 12.0 Å². The molecule has 2 heterocycles. The van der Waals surface area contributed by atoms with Crippen molar-refractivity contribution in [3.8, 4) is 0 Å². The van der Waals surface area contributed by atoms with Crippen LogP contribution in [0.3, 0.4) is 0 Å². The number of rotatable bonds is 2. The standard InChI is InChI=1S/C9H11ClF3N3OS/c1-5-3-16(4-6(2-10)17-5)8-14-7(15-18-8)9(11,12)13/h5-6H,2-4H2,1H3. The van der Waals surface area contributed by atoms with Crippen molar-refractivity contribution in [2.45, 2.75) is 25.3 Å². The molecule has 0 aromatic carbocycles. The minimum atomic E-state index is -4.50. The third-order valence-corrected chi connectivity index (χ3v) is 3.56. The van der Waals surface area contributed by atoms with Crippen LogP contribution in [0.4, 0.5) is 18.3 Å². The molecule has 0 aliphatic carbocycles. The Kier molecular flexibility index (Phi) is 3.98. The number of morpholine rings is 1. The molecule has 9 heteroatoms. The zero-order valence-electron chi connectivity index (χ0n) is 9.45. The van der Waals surface area contributed by atoms with Crippen LogP contribution in [-0.4, -0.2) is 40.5 Å². The van der Waals surface area contributed by atoms with Gasteiger partial charge in [-0.3, -0.25) is 0 Å². The average molecular weight is 302 g/mol. The molecule has 0 N–H and O–H groups in total. The summed E-state index contributed by atoms with van der Waals surface area (Å²) < 4.78 is 46.1. The van der Waals surface area contributed by atoms with Crippen LogP contribution >= 0.6 is 23.1 Å². The Morgan fingerprint density at radius 3 is 2.78 bits per heavy atom. The van der Waals surface area contributed by atoms with Gasteiger partial charge in [0, 0.05) is 24.6 Å². The summed E-state index contributed by atoms with van der Waals surface area (Å²) in [5, 5.41) is 0.257. The predicted octanol–water partition coefficient (Wildman–Crippen LogP) is 2.39. The highest BCUT2D eigenvalue weighted by Gasteiger charge is 2.37. The van der Waals surface area contributed by atoms with E-state index in [4.69, 9.17) is 16.3 Å². The molecule has 0 radical (unpaired) electrons. The molecule has 1 aromatic rings. The molecule has 2 rings (SSSR count). The maximum Gasteiger partial charge on any atom is 0.452 e. The highest BCUT2D eigenvalue weighted by atomic mass is 35.5. The molecule has 4 nitrogen and oxygen atoms in total. The lowest BCUT2D eigenvalue weighted by molar-refractivity contribution is -0.144. The van der Waals surface area contributed by atoms with Gasteiger partial charge in [0.1, 0.15) is 0 Å². The largest absolute Gasteiger partial charge is 0.452 e. The third-order valence-electron chi connectivity index (χ3n) is 2.44. The van der Waals surface area contributed by atoms with Crippen molar-refractivity contribution in [1.29, 1.82) is 0 Å². The summed E-state index contributed by atoms with van der Waals surface area (Å²) in [6.07, 6.45) is -4.80. The molecular weight excluding hydrogens is 291 g/mol. The van der Waals surface area contributed by atoms with Crippen LogP contribution in [0.25, 0.3) is 0 Å². The van der Waals surface area contributed by atoms with Crippen molar-refractivity contribution in [2.75, 3.05) is 23.9 Å². The second-order valence-corrected chi connectivity index (χ2v) is 5.07. The van der Waals surface area contributed by atoms with Gasteiger partial charge >= 0.3 is 6.18 Å². The minimum Gasteiger partial charge on any atom is -0.370 e. The average Bonchev–Trinajstić information content (AvgIpc) is 2.77. The SMILES string of the molecule is CC1CN(c2nc(C(F)(F)F)ns2)CC(CCl)O1. The molecule has 1 aromatic heterocycles. The number of anilines is 1. The first-order chi connectivity index (χ1) is 8.40. The van der Waals surface area contributed by atoms with Gasteiger partial charge in [0.2, 0.25) is 11.0 Å². The lowest BCUT2D eigenvalue weighted by Crippen LogP contribution is -2.47. The molecule has 2 atom stereocenters. The number of halogens is 4. The van der Waals surface area contributed by atoms with E-state index in [1.54, 1.807) is 4.90 Å². The molecule has 0 saturated carbocycles. The fourth-order valence-corrected chi connectivity index (χ4v) is 2.62. The number of nitrogens with zero attached hydrogens (tertiary/aromatic N) is 3. The van der Waals surface area contributed by atoms with Gasteiger partial charge in [-0.05, 0) is 6.92 Å². The molecule has 0 amide bonds. The summed E-state index contributed by atoms with van der Waals surface area (Å²) >= 11 is 6.46. The molecule has 0 bridgehead atoms. The van der Waals surface area contributed by atoms with Crippen molar-refractivity contribution >= 4 is 28.3 Å². The Morgan fingerprint density at radius 2 is 2.22 bits per heavy atom. The van der Waals surface area contributed by atoms with Gasteiger partial charge in [0.15, 0.2) is 0 Å². The minimum absolute atomic E-state index is 0.0965. The van der Waals surface area contributed by atoms with Crippen molar-refractivity contribution < 1.29 is 17.9 Å². The molecule has 1 fully saturated rings. The van der Waals surface area contributed by atoms with Crippen LogP contribution in [0, 0.1) is 0 Å². The number of alkyl halides is 4. The molecule has 1 aliphatic heterocycles. The number of hydrogen-bond donors (Lipinski definition) is 0. The van der Waals surface area contributed by atoms with Crippen LogP contribution in [0.15, 0.2) is 0 Å². The van der Waals surface area contributed by atoms with Crippen molar-refractivity contribution in [1.82, 2.24) is 9.36 Å². The number of aromatic nitrogens is 2. The molecule has 1 saturated heterocycles. The maximum absolute atomic E-state index is 12.4. The van der Waals surface area contributed by atoms with E-state index in [9.17, 15) is 13.2 Å². The van der Waals surface area contributed by atoms with Crippen molar-refractivity contribution in [2.24, 2.45) is 0 Å². The van der Waals surface area contributed by atoms with Crippen LogP contribution < -0.4 is 4.90 Å². The Labute approximate surface area is 111 Å². The Hall–Kier alpha value is -0.600. The number of ether oxygens (including phenoxy) is 1. The van der Waals surface area contributed by atoms with Crippen molar-refractivity contribution in [3.63, 3.8) is 0 Å². The molecule has 0 spiro atoms. The molecule has 18 heavy (non-hydrogen) atoms. The number of hydrogen-bond acceptors (Lipinski definition) is 5. The Balaban J connectivity index is 2.13. The fourth-order valence-electron chi connectivity index (χ4n) is 1.75. The Morgan fingerprint density at radius 1 is 1.50 bits per heavy atom. The summed E-state index contributed by atoms with van der Waals surface area (Å²) in [7, 11) is 0. The molecule has 102 valence electrons. The lowest BCUT2D eigenvalue weighted by atomic mass is 10.2. The van der Waals surface area contributed by atoms with Gasteiger partial charge in [-0.2, -0.15) is 22.5 Å². The maximum atomic E-state index is 12.4. The molecule has 2 unspecified atom stereocenters. The van der Waals surface area contributed by atoms with E-state index in [2.05, 4.69) is 9.36 Å². The summed E-state index contributed by atoms with van der Waals surface area (Å²) in [4.78, 5) is 5.25. The second kappa shape index (κ2) is 5.18. The van der Waals surface area contributed by atoms with Gasteiger partial charge in [-0.15, -0.1) is 11.6 Å². The van der Waals surface area contributed by atoms with Gasteiger partial charge in [-0.25, -0.2) is 0 Å².